The molecule has 0 unspecified atom stereocenters. The number of ether oxygens (including phenoxy) is 1. The van der Waals surface area contributed by atoms with Crippen LogP contribution in [0.2, 0.25) is 0 Å². The summed E-state index contributed by atoms with van der Waals surface area (Å²) in [5.74, 6) is -2.42. The van der Waals surface area contributed by atoms with E-state index < -0.39 is 33.6 Å². The Hall–Kier alpha value is -2.31. The smallest absolute Gasteiger partial charge is 0.348 e. The Morgan fingerprint density at radius 2 is 1.93 bits per heavy atom. The summed E-state index contributed by atoms with van der Waals surface area (Å²) in [6.45, 7) is 0. The number of hydrogen-bond donors (Lipinski definition) is 2. The molecule has 1 rings (SSSR count). The lowest BCUT2D eigenvalue weighted by molar-refractivity contribution is -0.386. The van der Waals surface area contributed by atoms with Crippen LogP contribution in [0.15, 0.2) is 12.1 Å². The van der Waals surface area contributed by atoms with Crippen molar-refractivity contribution in [2.24, 2.45) is 0 Å². The molecule has 0 radical (unpaired) electrons. The van der Waals surface area contributed by atoms with Crippen LogP contribution in [0.25, 0.3) is 0 Å². The third kappa shape index (κ3) is 1.80. The second-order valence-electron chi connectivity index (χ2n) is 2.58. The number of esters is 1. The molecule has 0 fully saturated rings. The highest BCUT2D eigenvalue weighted by atomic mass is 16.6. The summed E-state index contributed by atoms with van der Waals surface area (Å²) < 4.78 is 4.25. The Kier molecular flexibility index (Phi) is 2.75. The van der Waals surface area contributed by atoms with Gasteiger partial charge in [-0.25, -0.2) is 4.79 Å². The van der Waals surface area contributed by atoms with E-state index in [0.29, 0.717) is 0 Å². The summed E-state index contributed by atoms with van der Waals surface area (Å²) >= 11 is 0. The molecule has 1 aromatic carbocycles. The SMILES string of the molecule is COC(=O)c1c(O)ccc(O)c1[N+](=O)[O-]. The minimum atomic E-state index is -1.09. The van der Waals surface area contributed by atoms with Gasteiger partial charge in [-0.1, -0.05) is 0 Å². The Bertz CT molecular complexity index is 427. The number of phenols is 2. The van der Waals surface area contributed by atoms with Gasteiger partial charge < -0.3 is 14.9 Å². The maximum atomic E-state index is 11.1. The van der Waals surface area contributed by atoms with Crippen molar-refractivity contribution in [2.75, 3.05) is 7.11 Å². The van der Waals surface area contributed by atoms with Gasteiger partial charge in [-0.05, 0) is 12.1 Å². The van der Waals surface area contributed by atoms with Gasteiger partial charge in [-0.2, -0.15) is 0 Å². The lowest BCUT2D eigenvalue weighted by Gasteiger charge is -2.04. The molecule has 0 amide bonds. The van der Waals surface area contributed by atoms with Crippen LogP contribution in [-0.4, -0.2) is 28.2 Å². The molecule has 0 saturated heterocycles. The van der Waals surface area contributed by atoms with Crippen LogP contribution in [0, 0.1) is 10.1 Å². The lowest BCUT2D eigenvalue weighted by atomic mass is 10.1. The van der Waals surface area contributed by atoms with Gasteiger partial charge in [0.1, 0.15) is 5.75 Å². The third-order valence-corrected chi connectivity index (χ3v) is 1.71. The fraction of sp³-hybridized carbons (Fsp3) is 0.125. The first-order chi connectivity index (χ1) is 6.99. The minimum Gasteiger partial charge on any atom is -0.507 e. The number of rotatable bonds is 2. The standard InChI is InChI=1S/C8H7NO6/c1-15-8(12)6-4(10)2-3-5(11)7(6)9(13)14/h2-3,10-11H,1H3. The molecule has 0 saturated carbocycles. The maximum Gasteiger partial charge on any atom is 0.348 e. The zero-order valence-corrected chi connectivity index (χ0v) is 7.63. The van der Waals surface area contributed by atoms with E-state index in [1.165, 1.54) is 0 Å². The fourth-order valence-electron chi connectivity index (χ4n) is 1.06. The first kappa shape index (κ1) is 10.8. The highest BCUT2D eigenvalue weighted by molar-refractivity contribution is 5.98. The van der Waals surface area contributed by atoms with E-state index in [2.05, 4.69) is 4.74 Å². The van der Waals surface area contributed by atoms with E-state index in [1.807, 2.05) is 0 Å². The number of benzene rings is 1. The largest absolute Gasteiger partial charge is 0.507 e. The predicted octanol–water partition coefficient (Wildman–Crippen LogP) is 0.793. The molecule has 0 aliphatic heterocycles. The topological polar surface area (TPSA) is 110 Å². The number of aromatic hydroxyl groups is 2. The molecule has 2 N–H and O–H groups in total. The second-order valence-corrected chi connectivity index (χ2v) is 2.58. The average Bonchev–Trinajstić information content (AvgIpc) is 2.19. The van der Waals surface area contributed by atoms with Gasteiger partial charge in [-0.3, -0.25) is 10.1 Å². The number of nitrogens with zero attached hydrogens (tertiary/aromatic N) is 1. The summed E-state index contributed by atoms with van der Waals surface area (Å²) in [7, 11) is 1.01. The summed E-state index contributed by atoms with van der Waals surface area (Å²) in [6.07, 6.45) is 0. The highest BCUT2D eigenvalue weighted by Crippen LogP contribution is 2.35. The van der Waals surface area contributed by atoms with Crippen molar-refractivity contribution in [1.82, 2.24) is 0 Å². The number of methoxy groups -OCH3 is 1. The molecule has 7 heteroatoms. The number of hydrogen-bond acceptors (Lipinski definition) is 6. The van der Waals surface area contributed by atoms with E-state index in [0.717, 1.165) is 19.2 Å². The first-order valence-electron chi connectivity index (χ1n) is 3.76. The van der Waals surface area contributed by atoms with Gasteiger partial charge >= 0.3 is 11.7 Å². The van der Waals surface area contributed by atoms with Crippen LogP contribution in [0.1, 0.15) is 10.4 Å². The average molecular weight is 213 g/mol. The van der Waals surface area contributed by atoms with Crippen LogP contribution >= 0.6 is 0 Å². The van der Waals surface area contributed by atoms with Crippen molar-refractivity contribution in [3.8, 4) is 11.5 Å². The molecule has 1 aromatic rings. The van der Waals surface area contributed by atoms with E-state index >= 15 is 0 Å². The summed E-state index contributed by atoms with van der Waals surface area (Å²) in [5, 5.41) is 29.0. The van der Waals surface area contributed by atoms with Crippen LogP contribution in [-0.2, 0) is 4.74 Å². The normalized spacial score (nSPS) is 9.67. The second kappa shape index (κ2) is 3.82. The zero-order chi connectivity index (χ0) is 11.6. The fourth-order valence-corrected chi connectivity index (χ4v) is 1.06. The Balaban J connectivity index is 3.52. The summed E-state index contributed by atoms with van der Waals surface area (Å²) in [4.78, 5) is 20.7. The lowest BCUT2D eigenvalue weighted by Crippen LogP contribution is -2.06. The van der Waals surface area contributed by atoms with Gasteiger partial charge in [0.2, 0.25) is 0 Å². The Labute approximate surface area is 83.7 Å². The van der Waals surface area contributed by atoms with Gasteiger partial charge in [0.05, 0.1) is 12.0 Å². The van der Waals surface area contributed by atoms with Crippen molar-refractivity contribution in [3.63, 3.8) is 0 Å². The van der Waals surface area contributed by atoms with E-state index in [4.69, 9.17) is 0 Å². The molecule has 0 aliphatic rings. The number of phenolic OH excluding ortho intramolecular Hbond substituents is 2. The first-order valence-corrected chi connectivity index (χ1v) is 3.76. The molecule has 80 valence electrons. The van der Waals surface area contributed by atoms with Crippen molar-refractivity contribution in [2.45, 2.75) is 0 Å². The summed E-state index contributed by atoms with van der Waals surface area (Å²) in [6, 6.07) is 1.88. The summed E-state index contributed by atoms with van der Waals surface area (Å²) in [5.41, 5.74) is -1.54. The highest BCUT2D eigenvalue weighted by Gasteiger charge is 2.29. The van der Waals surface area contributed by atoms with Crippen molar-refractivity contribution >= 4 is 11.7 Å². The molecule has 0 aliphatic carbocycles. The molecule has 0 atom stereocenters. The van der Waals surface area contributed by atoms with Crippen LogP contribution in [0.3, 0.4) is 0 Å². The molecule has 0 bridgehead atoms. The van der Waals surface area contributed by atoms with Crippen LogP contribution in [0.5, 0.6) is 11.5 Å². The quantitative estimate of drug-likeness (QED) is 0.325. The Morgan fingerprint density at radius 3 is 2.40 bits per heavy atom. The van der Waals surface area contributed by atoms with Crippen molar-refractivity contribution in [3.05, 3.63) is 27.8 Å². The molecular weight excluding hydrogens is 206 g/mol. The van der Waals surface area contributed by atoms with Gasteiger partial charge in [0, 0.05) is 0 Å². The number of nitro benzene ring substituents is 1. The van der Waals surface area contributed by atoms with Crippen molar-refractivity contribution < 1.29 is 24.7 Å². The zero-order valence-electron chi connectivity index (χ0n) is 7.63. The molecule has 0 spiro atoms. The van der Waals surface area contributed by atoms with Crippen molar-refractivity contribution in [1.29, 1.82) is 0 Å². The molecule has 0 aromatic heterocycles. The monoisotopic (exact) mass is 213 g/mol. The van der Waals surface area contributed by atoms with Gasteiger partial charge in [0.15, 0.2) is 11.3 Å². The van der Waals surface area contributed by atoms with Gasteiger partial charge in [0.25, 0.3) is 0 Å². The number of carbonyl (C=O) groups is 1. The molecular formula is C8H7NO6. The van der Waals surface area contributed by atoms with E-state index in [1.54, 1.807) is 0 Å². The minimum absolute atomic E-state index is 0.619. The van der Waals surface area contributed by atoms with Gasteiger partial charge in [-0.15, -0.1) is 0 Å². The maximum absolute atomic E-state index is 11.1. The Morgan fingerprint density at radius 1 is 1.40 bits per heavy atom. The number of nitro groups is 1. The van der Waals surface area contributed by atoms with Crippen LogP contribution < -0.4 is 0 Å². The molecule has 7 nitrogen and oxygen atoms in total. The van der Waals surface area contributed by atoms with Crippen LogP contribution in [0.4, 0.5) is 5.69 Å². The van der Waals surface area contributed by atoms with E-state index in [-0.39, 0.29) is 0 Å². The number of carbonyl (C=O) groups excluding carboxylic acids is 1. The predicted molar refractivity (Wildman–Crippen MR) is 47.8 cm³/mol. The third-order valence-electron chi connectivity index (χ3n) is 1.71. The molecule has 0 heterocycles. The molecule has 15 heavy (non-hydrogen) atoms. The van der Waals surface area contributed by atoms with E-state index in [9.17, 15) is 25.1 Å².